The summed E-state index contributed by atoms with van der Waals surface area (Å²) in [6.45, 7) is 0. The molecule has 0 saturated carbocycles. The maximum absolute atomic E-state index is 2.39. The van der Waals surface area contributed by atoms with Crippen LogP contribution in [0.4, 0.5) is 0 Å². The normalized spacial score (nSPS) is 19.4. The average molecular weight is 377 g/mol. The third kappa shape index (κ3) is 3.40. The van der Waals surface area contributed by atoms with Crippen LogP contribution in [0, 0.1) is 0 Å². The van der Waals surface area contributed by atoms with E-state index in [2.05, 4.69) is 103 Å². The van der Waals surface area contributed by atoms with Crippen LogP contribution in [0.25, 0.3) is 10.8 Å². The Morgan fingerprint density at radius 1 is 0.536 bits per heavy atom. The molecule has 1 saturated heterocycles. The van der Waals surface area contributed by atoms with Crippen molar-refractivity contribution in [2.75, 3.05) is 0 Å². The number of hydrogen-bond acceptors (Lipinski definition) is 0. The van der Waals surface area contributed by atoms with Crippen LogP contribution in [0.5, 0.6) is 0 Å². The van der Waals surface area contributed by atoms with Gasteiger partial charge in [-0.15, -0.1) is 0 Å². The molecule has 0 N–H and O–H groups in total. The second-order valence-corrected chi connectivity index (χ2v) is 9.88. The zero-order valence-electron chi connectivity index (χ0n) is 15.9. The molecule has 0 amide bonds. The molecule has 0 bridgehead atoms. The van der Waals surface area contributed by atoms with Crippen molar-refractivity contribution in [3.63, 3.8) is 0 Å². The van der Waals surface area contributed by atoms with Gasteiger partial charge in [0.05, 0.1) is 0 Å². The maximum Gasteiger partial charge on any atom is 0.00880 e. The number of fused-ring (bicyclic) bond motifs is 1. The van der Waals surface area contributed by atoms with Crippen molar-refractivity contribution in [1.82, 2.24) is 0 Å². The number of hydrogen-bond donors (Lipinski definition) is 0. The third-order valence-corrected chi connectivity index (χ3v) is 9.20. The summed E-state index contributed by atoms with van der Waals surface area (Å²) >= 11 is 0. The Hall–Kier alpha value is -2.37. The monoisotopic (exact) mass is 377 g/mol. The average Bonchev–Trinajstić information content (AvgIpc) is 3.19. The Bertz CT molecular complexity index is 993. The van der Waals surface area contributed by atoms with E-state index in [-0.39, 0.29) is 16.3 Å². The molecule has 1 aliphatic heterocycles. The molecule has 1 heterocycles. The molecule has 28 heavy (non-hydrogen) atoms. The van der Waals surface area contributed by atoms with Gasteiger partial charge in [0.2, 0.25) is 0 Å². The molecule has 0 spiro atoms. The number of benzene rings is 4. The van der Waals surface area contributed by atoms with Crippen molar-refractivity contribution in [1.29, 1.82) is 0 Å². The lowest BCUT2D eigenvalue weighted by Gasteiger charge is -2.28. The summed E-state index contributed by atoms with van der Waals surface area (Å²) in [5.41, 5.74) is 4.29. The standard InChI is InChI=1S/C26H23P.B/c1-3-11-21(12-4-1)24-18-19-25(22-13-5-2-6-14-22)27(24)26-17-9-15-20-10-7-8-16-23(20)26;/h1-17,24-25H,18-19H2;/t24-,25-;/m0./s1. The molecule has 4 aromatic rings. The molecular weight excluding hydrogens is 354 g/mol. The topological polar surface area (TPSA) is 0 Å². The van der Waals surface area contributed by atoms with E-state index in [9.17, 15) is 0 Å². The van der Waals surface area contributed by atoms with Gasteiger partial charge in [0.1, 0.15) is 0 Å². The molecule has 3 radical (unpaired) electrons. The first-order chi connectivity index (χ1) is 13.4. The first-order valence-electron chi connectivity index (χ1n) is 9.78. The number of rotatable bonds is 3. The SMILES string of the molecule is [B].c1ccc([C@@H]2CC[C@@H](c3ccccc3)P2c2cccc3ccccc23)cc1. The van der Waals surface area contributed by atoms with Crippen molar-refractivity contribution in [3.8, 4) is 0 Å². The second-order valence-electron chi connectivity index (χ2n) is 7.34. The molecule has 5 rings (SSSR count). The summed E-state index contributed by atoms with van der Waals surface area (Å²) in [6.07, 6.45) is 2.55. The molecule has 0 aliphatic carbocycles. The molecule has 0 nitrogen and oxygen atoms in total. The summed E-state index contributed by atoms with van der Waals surface area (Å²) < 4.78 is 0. The van der Waals surface area contributed by atoms with Gasteiger partial charge in [-0.05, 0) is 40.0 Å². The van der Waals surface area contributed by atoms with E-state index in [1.54, 1.807) is 5.30 Å². The largest absolute Gasteiger partial charge is 0.0622 e. The van der Waals surface area contributed by atoms with Gasteiger partial charge in [-0.2, -0.15) is 0 Å². The lowest BCUT2D eigenvalue weighted by atomic mass is 10.0. The van der Waals surface area contributed by atoms with Crippen LogP contribution >= 0.6 is 7.92 Å². The van der Waals surface area contributed by atoms with E-state index < -0.39 is 0 Å². The fourth-order valence-corrected chi connectivity index (χ4v) is 8.27. The van der Waals surface area contributed by atoms with E-state index >= 15 is 0 Å². The fraction of sp³-hybridized carbons (Fsp3) is 0.154. The van der Waals surface area contributed by atoms with Gasteiger partial charge >= 0.3 is 0 Å². The highest BCUT2D eigenvalue weighted by Crippen LogP contribution is 2.69. The quantitative estimate of drug-likeness (QED) is 0.271. The van der Waals surface area contributed by atoms with Crippen LogP contribution < -0.4 is 5.30 Å². The predicted octanol–water partition coefficient (Wildman–Crippen LogP) is 6.84. The Labute approximate surface area is 171 Å². The van der Waals surface area contributed by atoms with Crippen molar-refractivity contribution in [2.24, 2.45) is 0 Å². The van der Waals surface area contributed by atoms with Gasteiger partial charge in [0, 0.05) is 19.7 Å². The van der Waals surface area contributed by atoms with Gasteiger partial charge in [-0.3, -0.25) is 0 Å². The highest BCUT2D eigenvalue weighted by Gasteiger charge is 2.38. The second kappa shape index (κ2) is 8.33. The van der Waals surface area contributed by atoms with Gasteiger partial charge in [0.15, 0.2) is 0 Å². The minimum absolute atomic E-state index is 0. The van der Waals surface area contributed by atoms with Crippen LogP contribution in [-0.2, 0) is 0 Å². The summed E-state index contributed by atoms with van der Waals surface area (Å²) in [7, 11) is -0.319. The van der Waals surface area contributed by atoms with E-state index in [1.807, 2.05) is 0 Å². The first-order valence-corrected chi connectivity index (χ1v) is 11.3. The van der Waals surface area contributed by atoms with Crippen LogP contribution in [0.1, 0.15) is 35.3 Å². The van der Waals surface area contributed by atoms with Gasteiger partial charge < -0.3 is 0 Å². The Balaban J connectivity index is 0.00000192. The summed E-state index contributed by atoms with van der Waals surface area (Å²) in [5.74, 6) is 0. The summed E-state index contributed by atoms with van der Waals surface area (Å²) in [6, 6.07) is 38.2. The predicted molar refractivity (Wildman–Crippen MR) is 124 cm³/mol. The lowest BCUT2D eigenvalue weighted by Crippen LogP contribution is -2.09. The van der Waals surface area contributed by atoms with Crippen molar-refractivity contribution < 1.29 is 0 Å². The van der Waals surface area contributed by atoms with Crippen molar-refractivity contribution in [3.05, 3.63) is 114 Å². The molecule has 2 heteroatoms. The van der Waals surface area contributed by atoms with E-state index in [1.165, 1.54) is 34.7 Å². The summed E-state index contributed by atoms with van der Waals surface area (Å²) in [5, 5.41) is 4.38. The summed E-state index contributed by atoms with van der Waals surface area (Å²) in [4.78, 5) is 0. The molecule has 0 unspecified atom stereocenters. The zero-order valence-corrected chi connectivity index (χ0v) is 16.8. The van der Waals surface area contributed by atoms with Gasteiger partial charge in [-0.25, -0.2) is 0 Å². The molecule has 4 aromatic carbocycles. The Morgan fingerprint density at radius 2 is 1.04 bits per heavy atom. The highest BCUT2D eigenvalue weighted by molar-refractivity contribution is 7.67. The Kier molecular flexibility index (Phi) is 5.65. The van der Waals surface area contributed by atoms with E-state index in [4.69, 9.17) is 0 Å². The van der Waals surface area contributed by atoms with E-state index in [0.717, 1.165) is 0 Å². The molecule has 135 valence electrons. The molecule has 0 aromatic heterocycles. The Morgan fingerprint density at radius 3 is 1.64 bits per heavy atom. The van der Waals surface area contributed by atoms with Crippen molar-refractivity contribution >= 4 is 32.4 Å². The fourth-order valence-electron chi connectivity index (χ4n) is 4.59. The third-order valence-electron chi connectivity index (χ3n) is 5.80. The maximum atomic E-state index is 2.39. The van der Waals surface area contributed by atoms with Crippen LogP contribution in [-0.4, -0.2) is 8.41 Å². The molecule has 1 fully saturated rings. The first kappa shape index (κ1) is 19.0. The van der Waals surface area contributed by atoms with Gasteiger partial charge in [-0.1, -0.05) is 111 Å². The van der Waals surface area contributed by atoms with Crippen LogP contribution in [0.3, 0.4) is 0 Å². The minimum Gasteiger partial charge on any atom is -0.0622 e. The smallest absolute Gasteiger partial charge is 0.00880 e. The molecule has 2 atom stereocenters. The molecular formula is C26H23BP. The highest BCUT2D eigenvalue weighted by atomic mass is 31.1. The van der Waals surface area contributed by atoms with Crippen LogP contribution in [0.15, 0.2) is 103 Å². The molecule has 1 aliphatic rings. The minimum atomic E-state index is -0.319. The van der Waals surface area contributed by atoms with E-state index in [0.29, 0.717) is 11.3 Å². The van der Waals surface area contributed by atoms with Gasteiger partial charge in [0.25, 0.3) is 0 Å². The van der Waals surface area contributed by atoms with Crippen LogP contribution in [0.2, 0.25) is 0 Å². The lowest BCUT2D eigenvalue weighted by molar-refractivity contribution is 0.765. The van der Waals surface area contributed by atoms with Crippen molar-refractivity contribution in [2.45, 2.75) is 24.2 Å². The zero-order chi connectivity index (χ0) is 18.1.